The Bertz CT molecular complexity index is 1180. The van der Waals surface area contributed by atoms with E-state index in [1.807, 2.05) is 30.3 Å². The Hall–Kier alpha value is -2.52. The van der Waals surface area contributed by atoms with Crippen LogP contribution in [0.25, 0.3) is 11.3 Å². The van der Waals surface area contributed by atoms with Crippen LogP contribution in [0.4, 0.5) is 5.69 Å². The molecule has 0 saturated carbocycles. The van der Waals surface area contributed by atoms with Gasteiger partial charge in [0.2, 0.25) is 5.91 Å². The lowest BCUT2D eigenvalue weighted by Gasteiger charge is -2.22. The van der Waals surface area contributed by atoms with Gasteiger partial charge in [-0.2, -0.15) is 5.26 Å². The van der Waals surface area contributed by atoms with Crippen molar-refractivity contribution in [2.45, 2.75) is 30.7 Å². The number of fused-ring (bicyclic) bond motifs is 1. The molecule has 1 N–H and O–H groups in total. The molecule has 1 aliphatic carbocycles. The van der Waals surface area contributed by atoms with E-state index < -0.39 is 0 Å². The lowest BCUT2D eigenvalue weighted by molar-refractivity contribution is -0.113. The molecule has 0 fully saturated rings. The second-order valence-electron chi connectivity index (χ2n) is 7.25. The first kappa shape index (κ1) is 21.7. The van der Waals surface area contributed by atoms with Crippen LogP contribution in [-0.4, -0.2) is 16.6 Å². The molecule has 3 aromatic rings. The third-order valence-corrected chi connectivity index (χ3v) is 6.90. The van der Waals surface area contributed by atoms with Gasteiger partial charge in [-0.05, 0) is 55.0 Å². The van der Waals surface area contributed by atoms with Crippen molar-refractivity contribution >= 4 is 46.6 Å². The molecule has 0 bridgehead atoms. The summed E-state index contributed by atoms with van der Waals surface area (Å²) >= 11 is 13.2. The van der Waals surface area contributed by atoms with Crippen molar-refractivity contribution in [1.29, 1.82) is 5.26 Å². The molecule has 1 amide bonds. The number of hydrogen-bond acceptors (Lipinski definition) is 4. The minimum atomic E-state index is -0.201. The lowest BCUT2D eigenvalue weighted by Crippen LogP contribution is -2.15. The Kier molecular flexibility index (Phi) is 6.82. The molecule has 0 radical (unpaired) electrons. The zero-order valence-electron chi connectivity index (χ0n) is 16.6. The fraction of sp³-hybridized carbons (Fsp3) is 0.208. The number of thioether (sulfide) groups is 1. The molecule has 2 aromatic carbocycles. The smallest absolute Gasteiger partial charge is 0.234 e. The number of benzene rings is 2. The number of nitrogens with one attached hydrogen (secondary N) is 1. The van der Waals surface area contributed by atoms with Gasteiger partial charge < -0.3 is 5.32 Å². The first-order chi connectivity index (χ1) is 15.1. The highest BCUT2D eigenvalue weighted by Gasteiger charge is 2.23. The quantitative estimate of drug-likeness (QED) is 0.432. The average Bonchev–Trinajstić information content (AvgIpc) is 2.80. The SMILES string of the molecule is N#Cc1c(SCC(=O)Nc2ccc(Cl)c(Cl)c2)nc(-c2ccccc2)c2c1CCCC2. The molecule has 4 rings (SSSR count). The van der Waals surface area contributed by atoms with E-state index in [1.54, 1.807) is 18.2 Å². The number of halogens is 2. The predicted molar refractivity (Wildman–Crippen MR) is 127 cm³/mol. The normalized spacial score (nSPS) is 12.7. The Morgan fingerprint density at radius 3 is 2.52 bits per heavy atom. The Labute approximate surface area is 195 Å². The van der Waals surface area contributed by atoms with Gasteiger partial charge in [-0.1, -0.05) is 65.3 Å². The van der Waals surface area contributed by atoms with Crippen molar-refractivity contribution in [2.24, 2.45) is 0 Å². The fourth-order valence-electron chi connectivity index (χ4n) is 3.76. The number of nitrogens with zero attached hydrogens (tertiary/aromatic N) is 2. The van der Waals surface area contributed by atoms with Gasteiger partial charge in [0, 0.05) is 11.3 Å². The second kappa shape index (κ2) is 9.74. The van der Waals surface area contributed by atoms with Crippen LogP contribution in [0.1, 0.15) is 29.5 Å². The van der Waals surface area contributed by atoms with Crippen LogP contribution in [0.2, 0.25) is 10.0 Å². The van der Waals surface area contributed by atoms with Gasteiger partial charge in [0.25, 0.3) is 0 Å². The zero-order valence-corrected chi connectivity index (χ0v) is 18.9. The maximum atomic E-state index is 12.5. The molecule has 0 unspecified atom stereocenters. The highest BCUT2D eigenvalue weighted by Crippen LogP contribution is 2.36. The standard InChI is InChI=1S/C24H19Cl2N3OS/c25-20-11-10-16(12-21(20)26)28-22(30)14-31-24-19(13-27)17-8-4-5-9-18(17)23(29-24)15-6-2-1-3-7-15/h1-3,6-7,10-12H,4-5,8-9,14H2,(H,28,30). The van der Waals surface area contributed by atoms with Gasteiger partial charge in [0.15, 0.2) is 0 Å². The maximum absolute atomic E-state index is 12.5. The molecule has 156 valence electrons. The van der Waals surface area contributed by atoms with Gasteiger partial charge in [0.05, 0.1) is 27.1 Å². The summed E-state index contributed by atoms with van der Waals surface area (Å²) in [7, 11) is 0. The van der Waals surface area contributed by atoms with Crippen molar-refractivity contribution in [3.8, 4) is 17.3 Å². The highest BCUT2D eigenvalue weighted by molar-refractivity contribution is 8.00. The van der Waals surface area contributed by atoms with Crippen LogP contribution in [0, 0.1) is 11.3 Å². The number of carbonyl (C=O) groups is 1. The minimum Gasteiger partial charge on any atom is -0.325 e. The molecule has 7 heteroatoms. The number of amides is 1. The number of nitriles is 1. The maximum Gasteiger partial charge on any atom is 0.234 e. The minimum absolute atomic E-state index is 0.134. The number of pyridine rings is 1. The van der Waals surface area contributed by atoms with E-state index >= 15 is 0 Å². The van der Waals surface area contributed by atoms with Crippen LogP contribution < -0.4 is 5.32 Å². The van der Waals surface area contributed by atoms with E-state index in [9.17, 15) is 10.1 Å². The van der Waals surface area contributed by atoms with E-state index in [0.29, 0.717) is 26.3 Å². The van der Waals surface area contributed by atoms with E-state index in [0.717, 1.165) is 42.5 Å². The van der Waals surface area contributed by atoms with Crippen LogP contribution in [0.15, 0.2) is 53.6 Å². The van der Waals surface area contributed by atoms with Crippen LogP contribution in [0.5, 0.6) is 0 Å². The third-order valence-electron chi connectivity index (χ3n) is 5.19. The van der Waals surface area contributed by atoms with Crippen LogP contribution in [-0.2, 0) is 17.6 Å². The largest absolute Gasteiger partial charge is 0.325 e. The highest BCUT2D eigenvalue weighted by atomic mass is 35.5. The third kappa shape index (κ3) is 4.88. The summed E-state index contributed by atoms with van der Waals surface area (Å²) in [5.41, 5.74) is 5.37. The van der Waals surface area contributed by atoms with Gasteiger partial charge in [-0.15, -0.1) is 0 Å². The molecular weight excluding hydrogens is 449 g/mol. The number of anilines is 1. The van der Waals surface area contributed by atoms with E-state index in [1.165, 1.54) is 17.3 Å². The molecule has 4 nitrogen and oxygen atoms in total. The first-order valence-corrected chi connectivity index (χ1v) is 11.7. The summed E-state index contributed by atoms with van der Waals surface area (Å²) in [6.45, 7) is 0. The zero-order chi connectivity index (χ0) is 21.8. The molecule has 0 spiro atoms. The summed E-state index contributed by atoms with van der Waals surface area (Å²) in [5.74, 6) is -0.0670. The summed E-state index contributed by atoms with van der Waals surface area (Å²) in [6.07, 6.45) is 3.94. The van der Waals surface area contributed by atoms with Crippen molar-refractivity contribution < 1.29 is 4.79 Å². The number of aromatic nitrogens is 1. The first-order valence-electron chi connectivity index (χ1n) is 9.96. The Morgan fingerprint density at radius 1 is 1.06 bits per heavy atom. The van der Waals surface area contributed by atoms with Gasteiger partial charge in [-0.25, -0.2) is 4.98 Å². The molecule has 1 aliphatic rings. The number of hydrogen-bond donors (Lipinski definition) is 1. The second-order valence-corrected chi connectivity index (χ2v) is 9.03. The van der Waals surface area contributed by atoms with E-state index in [-0.39, 0.29) is 11.7 Å². The summed E-state index contributed by atoms with van der Waals surface area (Å²) in [6, 6.07) is 17.3. The van der Waals surface area contributed by atoms with Crippen molar-refractivity contribution in [3.05, 3.63) is 75.3 Å². The van der Waals surface area contributed by atoms with Crippen molar-refractivity contribution in [1.82, 2.24) is 4.98 Å². The number of rotatable bonds is 5. The average molecular weight is 468 g/mol. The fourth-order valence-corrected chi connectivity index (χ4v) is 4.86. The molecule has 1 aromatic heterocycles. The molecule has 1 heterocycles. The Balaban J connectivity index is 1.61. The van der Waals surface area contributed by atoms with Crippen LogP contribution >= 0.6 is 35.0 Å². The van der Waals surface area contributed by atoms with Gasteiger partial charge >= 0.3 is 0 Å². The molecule has 31 heavy (non-hydrogen) atoms. The Morgan fingerprint density at radius 2 is 1.81 bits per heavy atom. The number of carbonyl (C=O) groups excluding carboxylic acids is 1. The molecular formula is C24H19Cl2N3OS. The molecule has 0 aliphatic heterocycles. The molecule has 0 atom stereocenters. The van der Waals surface area contributed by atoms with Crippen molar-refractivity contribution in [3.63, 3.8) is 0 Å². The van der Waals surface area contributed by atoms with E-state index in [2.05, 4.69) is 11.4 Å². The molecule has 0 saturated heterocycles. The summed E-state index contributed by atoms with van der Waals surface area (Å²) < 4.78 is 0. The monoisotopic (exact) mass is 467 g/mol. The summed E-state index contributed by atoms with van der Waals surface area (Å²) in [5, 5.41) is 14.1. The van der Waals surface area contributed by atoms with Gasteiger partial charge in [0.1, 0.15) is 11.1 Å². The predicted octanol–water partition coefficient (Wildman–Crippen LogP) is 6.54. The topological polar surface area (TPSA) is 65.8 Å². The van der Waals surface area contributed by atoms with Gasteiger partial charge in [-0.3, -0.25) is 4.79 Å². The summed E-state index contributed by atoms with van der Waals surface area (Å²) in [4.78, 5) is 17.4. The van der Waals surface area contributed by atoms with Crippen LogP contribution in [0.3, 0.4) is 0 Å². The van der Waals surface area contributed by atoms with E-state index in [4.69, 9.17) is 28.2 Å². The van der Waals surface area contributed by atoms with Crippen molar-refractivity contribution in [2.75, 3.05) is 11.1 Å². The lowest BCUT2D eigenvalue weighted by atomic mass is 9.86.